The summed E-state index contributed by atoms with van der Waals surface area (Å²) in [6, 6.07) is 10.4. The van der Waals surface area contributed by atoms with E-state index in [-0.39, 0.29) is 11.5 Å². The fourth-order valence-electron chi connectivity index (χ4n) is 4.44. The Morgan fingerprint density at radius 1 is 0.550 bits per heavy atom. The average molecular weight is 550 g/mol. The topological polar surface area (TPSA) is 97.6 Å². The lowest BCUT2D eigenvalue weighted by Crippen LogP contribution is -2.04. The van der Waals surface area contributed by atoms with Crippen LogP contribution in [0, 0.1) is 0 Å². The van der Waals surface area contributed by atoms with Gasteiger partial charge in [0.15, 0.2) is 11.6 Å². The van der Waals surface area contributed by atoms with Crippen molar-refractivity contribution < 1.29 is 19.7 Å². The zero-order valence-corrected chi connectivity index (χ0v) is 24.6. The second kappa shape index (κ2) is 17.4. The number of ether oxygens (including phenoxy) is 2. The highest BCUT2D eigenvalue weighted by Crippen LogP contribution is 2.34. The molecule has 0 bridgehead atoms. The van der Waals surface area contributed by atoms with Gasteiger partial charge in [0.25, 0.3) is 0 Å². The molecule has 0 aliphatic rings. The Labute approximate surface area is 240 Å². The van der Waals surface area contributed by atoms with Gasteiger partial charge in [0.2, 0.25) is 0 Å². The van der Waals surface area contributed by atoms with Crippen LogP contribution >= 0.6 is 0 Å². The van der Waals surface area contributed by atoms with Gasteiger partial charge in [0, 0.05) is 18.6 Å². The van der Waals surface area contributed by atoms with Crippen molar-refractivity contribution in [2.75, 3.05) is 13.2 Å². The Hall–Kier alpha value is -3.35. The number of rotatable bonds is 19. The molecule has 1 aromatic heterocycles. The van der Waals surface area contributed by atoms with Crippen LogP contribution in [0.3, 0.4) is 0 Å². The number of hydrogen-bond donors (Lipinski definition) is 2. The average Bonchev–Trinajstić information content (AvgIpc) is 2.95. The fraction of sp³-hybridized carbons (Fsp3) is 0.545. The summed E-state index contributed by atoms with van der Waals surface area (Å²) >= 11 is 0. The summed E-state index contributed by atoms with van der Waals surface area (Å²) in [4.78, 5) is 14.1. The van der Waals surface area contributed by atoms with Crippen LogP contribution in [0.15, 0.2) is 36.4 Å². The largest absolute Gasteiger partial charge is 0.507 e. The fourth-order valence-corrected chi connectivity index (χ4v) is 4.44. The van der Waals surface area contributed by atoms with Crippen molar-refractivity contribution in [2.45, 2.75) is 104 Å². The van der Waals surface area contributed by atoms with Crippen LogP contribution in [0.1, 0.15) is 104 Å². The smallest absolute Gasteiger partial charge is 0.167 e. The van der Waals surface area contributed by atoms with Gasteiger partial charge in [-0.1, -0.05) is 78.6 Å². The summed E-state index contributed by atoms with van der Waals surface area (Å²) in [7, 11) is 0. The molecule has 0 spiro atoms. The Kier molecular flexibility index (Phi) is 13.5. The van der Waals surface area contributed by atoms with Crippen LogP contribution < -0.4 is 9.47 Å². The Balaban J connectivity index is 1.82. The molecule has 2 aromatic carbocycles. The van der Waals surface area contributed by atoms with Gasteiger partial charge in [-0.25, -0.2) is 15.0 Å². The second-order valence-electron chi connectivity index (χ2n) is 10.4. The van der Waals surface area contributed by atoms with Crippen LogP contribution in [-0.4, -0.2) is 38.4 Å². The van der Waals surface area contributed by atoms with E-state index in [1.54, 1.807) is 24.3 Å². The van der Waals surface area contributed by atoms with Crippen molar-refractivity contribution in [3.05, 3.63) is 42.2 Å². The first-order valence-electron chi connectivity index (χ1n) is 15.2. The van der Waals surface area contributed by atoms with Crippen molar-refractivity contribution in [1.82, 2.24) is 15.0 Å². The van der Waals surface area contributed by atoms with Gasteiger partial charge in [-0.15, -0.1) is 0 Å². The summed E-state index contributed by atoms with van der Waals surface area (Å²) in [6.45, 7) is 7.66. The number of aryl methyl sites for hydroxylation is 1. The first-order chi connectivity index (χ1) is 19.5. The predicted octanol–water partition coefficient (Wildman–Crippen LogP) is 8.66. The van der Waals surface area contributed by atoms with E-state index in [0.29, 0.717) is 59.7 Å². The van der Waals surface area contributed by atoms with Crippen molar-refractivity contribution >= 4 is 0 Å². The quantitative estimate of drug-likeness (QED) is 0.144. The van der Waals surface area contributed by atoms with E-state index < -0.39 is 0 Å². The normalized spacial score (nSPS) is 11.1. The molecule has 40 heavy (non-hydrogen) atoms. The molecule has 0 aliphatic carbocycles. The number of aromatic hydroxyl groups is 2. The molecule has 0 aliphatic heterocycles. The van der Waals surface area contributed by atoms with Crippen LogP contribution in [0.2, 0.25) is 0 Å². The first-order valence-corrected chi connectivity index (χ1v) is 15.2. The van der Waals surface area contributed by atoms with E-state index in [4.69, 9.17) is 19.4 Å². The van der Waals surface area contributed by atoms with Gasteiger partial charge in [0.05, 0.1) is 24.3 Å². The summed E-state index contributed by atoms with van der Waals surface area (Å²) in [5, 5.41) is 21.7. The predicted molar refractivity (Wildman–Crippen MR) is 161 cm³/mol. The van der Waals surface area contributed by atoms with Gasteiger partial charge in [-0.05, 0) is 43.5 Å². The number of benzene rings is 2. The maximum absolute atomic E-state index is 10.8. The van der Waals surface area contributed by atoms with Crippen LogP contribution in [0.4, 0.5) is 0 Å². The van der Waals surface area contributed by atoms with Gasteiger partial charge in [-0.2, -0.15) is 0 Å². The van der Waals surface area contributed by atoms with E-state index >= 15 is 0 Å². The Morgan fingerprint density at radius 3 is 1.45 bits per heavy atom. The highest BCUT2D eigenvalue weighted by atomic mass is 16.5. The molecule has 218 valence electrons. The van der Waals surface area contributed by atoms with Crippen molar-refractivity contribution in [3.8, 4) is 45.8 Å². The van der Waals surface area contributed by atoms with Gasteiger partial charge >= 0.3 is 0 Å². The summed E-state index contributed by atoms with van der Waals surface area (Å²) in [5.74, 6) is 2.72. The number of aromatic nitrogens is 3. The van der Waals surface area contributed by atoms with Crippen molar-refractivity contribution in [2.24, 2.45) is 0 Å². The number of unbranched alkanes of at least 4 members (excludes halogenated alkanes) is 9. The number of nitrogens with zero attached hydrogens (tertiary/aromatic N) is 3. The van der Waals surface area contributed by atoms with Crippen LogP contribution in [-0.2, 0) is 6.42 Å². The molecule has 2 N–H and O–H groups in total. The molecule has 1 heterocycles. The lowest BCUT2D eigenvalue weighted by molar-refractivity contribution is 0.307. The minimum atomic E-state index is 0.0491. The van der Waals surface area contributed by atoms with E-state index in [2.05, 4.69) is 25.8 Å². The molecule has 0 saturated heterocycles. The summed E-state index contributed by atoms with van der Waals surface area (Å²) in [5.41, 5.74) is 1.00. The lowest BCUT2D eigenvalue weighted by Gasteiger charge is -2.12. The van der Waals surface area contributed by atoms with Crippen LogP contribution in [0.25, 0.3) is 22.8 Å². The standard InChI is InChI=1S/C33H47N3O4/c1-4-7-10-11-12-13-14-15-16-31-34-32(27-19-17-25(23-29(27)37)39-21-8-5-2)36-33(35-31)28-20-18-26(24-30(28)38)40-22-9-6-3/h17-20,23-24,37-38H,4-16,21-22H2,1-3H3. The zero-order chi connectivity index (χ0) is 28.6. The molecule has 7 heteroatoms. The summed E-state index contributed by atoms with van der Waals surface area (Å²) < 4.78 is 11.5. The second-order valence-corrected chi connectivity index (χ2v) is 10.4. The maximum atomic E-state index is 10.8. The van der Waals surface area contributed by atoms with Gasteiger partial charge < -0.3 is 19.7 Å². The maximum Gasteiger partial charge on any atom is 0.167 e. The SMILES string of the molecule is CCCCCCCCCCc1nc(-c2ccc(OCCCC)cc2O)nc(-c2ccc(OCCCC)cc2O)n1. The number of hydrogen-bond acceptors (Lipinski definition) is 7. The molecule has 0 fully saturated rings. The first kappa shape index (κ1) is 31.2. The number of phenolic OH excluding ortho intramolecular Hbond substituents is 2. The van der Waals surface area contributed by atoms with E-state index in [1.807, 2.05) is 12.1 Å². The van der Waals surface area contributed by atoms with E-state index in [0.717, 1.165) is 38.5 Å². The van der Waals surface area contributed by atoms with Crippen molar-refractivity contribution in [3.63, 3.8) is 0 Å². The highest BCUT2D eigenvalue weighted by molar-refractivity contribution is 5.70. The van der Waals surface area contributed by atoms with E-state index in [9.17, 15) is 10.2 Å². The van der Waals surface area contributed by atoms with E-state index in [1.165, 1.54) is 38.5 Å². The third-order valence-corrected chi connectivity index (χ3v) is 6.89. The minimum absolute atomic E-state index is 0.0491. The lowest BCUT2D eigenvalue weighted by atomic mass is 10.1. The Morgan fingerprint density at radius 2 is 1.00 bits per heavy atom. The zero-order valence-electron chi connectivity index (χ0n) is 24.6. The monoisotopic (exact) mass is 549 g/mol. The molecule has 3 aromatic rings. The van der Waals surface area contributed by atoms with Crippen molar-refractivity contribution in [1.29, 1.82) is 0 Å². The number of phenols is 2. The summed E-state index contributed by atoms with van der Waals surface area (Å²) in [6.07, 6.45) is 14.4. The molecule has 0 radical (unpaired) electrons. The third-order valence-electron chi connectivity index (χ3n) is 6.89. The molecule has 0 unspecified atom stereocenters. The van der Waals surface area contributed by atoms with Crippen LogP contribution in [0.5, 0.6) is 23.0 Å². The van der Waals surface area contributed by atoms with Gasteiger partial charge in [-0.3, -0.25) is 0 Å². The molecule has 0 atom stereocenters. The van der Waals surface area contributed by atoms with Gasteiger partial charge in [0.1, 0.15) is 28.8 Å². The molecular weight excluding hydrogens is 502 g/mol. The Bertz CT molecular complexity index is 1090. The molecule has 0 saturated carbocycles. The molecule has 7 nitrogen and oxygen atoms in total. The highest BCUT2D eigenvalue weighted by Gasteiger charge is 2.17. The molecular formula is C33H47N3O4. The minimum Gasteiger partial charge on any atom is -0.507 e. The molecule has 0 amide bonds. The molecule has 3 rings (SSSR count). The third kappa shape index (κ3) is 10.00.